The molecule has 0 unspecified atom stereocenters. The van der Waals surface area contributed by atoms with Crippen LogP contribution in [-0.2, 0) is 4.79 Å². The Kier molecular flexibility index (Phi) is 6.67. The van der Waals surface area contributed by atoms with Crippen LogP contribution in [-0.4, -0.2) is 37.6 Å². The number of amides is 1. The molecule has 20 heavy (non-hydrogen) atoms. The standard InChI is InChI=1S/C15H19ClN2O2/c1-4-8-18(9-5-2)15(19)11-17-12-6-7-14(20-3)13(16)10-12/h4-7,10,17H,1-2,8-9,11H2,3H3. The highest BCUT2D eigenvalue weighted by Crippen LogP contribution is 2.26. The average Bonchev–Trinajstić information content (AvgIpc) is 2.44. The van der Waals surface area contributed by atoms with Crippen LogP contribution in [0.2, 0.25) is 5.02 Å². The number of carbonyl (C=O) groups is 1. The summed E-state index contributed by atoms with van der Waals surface area (Å²) in [5, 5.41) is 3.53. The van der Waals surface area contributed by atoms with Gasteiger partial charge in [0.25, 0.3) is 0 Å². The number of nitrogens with zero attached hydrogens (tertiary/aromatic N) is 1. The second-order valence-electron chi connectivity index (χ2n) is 4.08. The van der Waals surface area contributed by atoms with Gasteiger partial charge in [0, 0.05) is 18.8 Å². The number of rotatable bonds is 8. The van der Waals surface area contributed by atoms with Gasteiger partial charge in [0.1, 0.15) is 5.75 Å². The molecule has 0 radical (unpaired) electrons. The Morgan fingerprint density at radius 1 is 1.40 bits per heavy atom. The van der Waals surface area contributed by atoms with Gasteiger partial charge in [0.2, 0.25) is 5.91 Å². The summed E-state index contributed by atoms with van der Waals surface area (Å²) < 4.78 is 5.07. The van der Waals surface area contributed by atoms with Gasteiger partial charge in [-0.15, -0.1) is 13.2 Å². The highest BCUT2D eigenvalue weighted by molar-refractivity contribution is 6.32. The zero-order valence-corrected chi connectivity index (χ0v) is 12.3. The maximum Gasteiger partial charge on any atom is 0.242 e. The first kappa shape index (κ1) is 16.1. The summed E-state index contributed by atoms with van der Waals surface area (Å²) in [4.78, 5) is 13.7. The Morgan fingerprint density at radius 2 is 2.05 bits per heavy atom. The number of methoxy groups -OCH3 is 1. The van der Waals surface area contributed by atoms with Crippen LogP contribution >= 0.6 is 11.6 Å². The number of hydrogen-bond acceptors (Lipinski definition) is 3. The Labute approximate surface area is 124 Å². The third kappa shape index (κ3) is 4.63. The molecule has 0 saturated heterocycles. The molecule has 0 atom stereocenters. The van der Waals surface area contributed by atoms with Gasteiger partial charge in [0.05, 0.1) is 18.7 Å². The predicted molar refractivity (Wildman–Crippen MR) is 83.5 cm³/mol. The van der Waals surface area contributed by atoms with Crippen LogP contribution in [0.5, 0.6) is 5.75 Å². The van der Waals surface area contributed by atoms with Gasteiger partial charge in [-0.05, 0) is 18.2 Å². The lowest BCUT2D eigenvalue weighted by molar-refractivity contribution is -0.128. The van der Waals surface area contributed by atoms with Crippen LogP contribution in [0.1, 0.15) is 0 Å². The molecule has 1 aromatic carbocycles. The van der Waals surface area contributed by atoms with Crippen LogP contribution in [0.3, 0.4) is 0 Å². The maximum absolute atomic E-state index is 12.0. The van der Waals surface area contributed by atoms with Crippen LogP contribution < -0.4 is 10.1 Å². The Hall–Kier alpha value is -1.94. The zero-order chi connectivity index (χ0) is 15.0. The van der Waals surface area contributed by atoms with E-state index in [0.717, 1.165) is 5.69 Å². The summed E-state index contributed by atoms with van der Waals surface area (Å²) in [5.74, 6) is 0.570. The van der Waals surface area contributed by atoms with E-state index in [4.69, 9.17) is 16.3 Å². The fraction of sp³-hybridized carbons (Fsp3) is 0.267. The summed E-state index contributed by atoms with van der Waals surface area (Å²) in [6.07, 6.45) is 3.37. The summed E-state index contributed by atoms with van der Waals surface area (Å²) >= 11 is 6.02. The van der Waals surface area contributed by atoms with E-state index in [-0.39, 0.29) is 12.5 Å². The monoisotopic (exact) mass is 294 g/mol. The van der Waals surface area contributed by atoms with Crippen LogP contribution in [0.4, 0.5) is 5.69 Å². The maximum atomic E-state index is 12.0. The number of nitrogens with one attached hydrogen (secondary N) is 1. The van der Waals surface area contributed by atoms with Gasteiger partial charge in [0.15, 0.2) is 0 Å². The highest BCUT2D eigenvalue weighted by atomic mass is 35.5. The first-order valence-electron chi connectivity index (χ1n) is 6.19. The van der Waals surface area contributed by atoms with Gasteiger partial charge in [-0.2, -0.15) is 0 Å². The summed E-state index contributed by atoms with van der Waals surface area (Å²) in [6, 6.07) is 5.28. The molecule has 4 nitrogen and oxygen atoms in total. The second kappa shape index (κ2) is 8.27. The molecule has 5 heteroatoms. The number of ether oxygens (including phenoxy) is 1. The van der Waals surface area contributed by atoms with Gasteiger partial charge < -0.3 is 15.0 Å². The highest BCUT2D eigenvalue weighted by Gasteiger charge is 2.10. The predicted octanol–water partition coefficient (Wildman–Crippen LogP) is 2.96. The third-order valence-corrected chi connectivity index (χ3v) is 2.94. The van der Waals surface area contributed by atoms with Gasteiger partial charge >= 0.3 is 0 Å². The fourth-order valence-electron chi connectivity index (χ4n) is 1.66. The van der Waals surface area contributed by atoms with Crippen molar-refractivity contribution in [1.29, 1.82) is 0 Å². The number of anilines is 1. The Morgan fingerprint density at radius 3 is 2.55 bits per heavy atom. The SMILES string of the molecule is C=CCN(CC=C)C(=O)CNc1ccc(OC)c(Cl)c1. The Balaban J connectivity index is 2.61. The molecule has 0 spiro atoms. The van der Waals surface area contributed by atoms with Crippen molar-refractivity contribution in [3.63, 3.8) is 0 Å². The molecule has 1 N–H and O–H groups in total. The molecular formula is C15H19ClN2O2. The van der Waals surface area contributed by atoms with E-state index in [2.05, 4.69) is 18.5 Å². The normalized spacial score (nSPS) is 9.70. The molecule has 0 heterocycles. The number of hydrogen-bond donors (Lipinski definition) is 1. The molecule has 0 aromatic heterocycles. The molecule has 1 amide bonds. The smallest absolute Gasteiger partial charge is 0.242 e. The molecule has 0 aliphatic rings. The van der Waals surface area contributed by atoms with Gasteiger partial charge in [-0.1, -0.05) is 23.8 Å². The van der Waals surface area contributed by atoms with Crippen molar-refractivity contribution in [1.82, 2.24) is 4.90 Å². The third-order valence-electron chi connectivity index (χ3n) is 2.65. The molecule has 1 rings (SSSR count). The molecule has 0 bridgehead atoms. The molecular weight excluding hydrogens is 276 g/mol. The van der Waals surface area contributed by atoms with E-state index in [0.29, 0.717) is 23.9 Å². The first-order chi connectivity index (χ1) is 9.62. The lowest BCUT2D eigenvalue weighted by Crippen LogP contribution is -2.35. The van der Waals surface area contributed by atoms with Crippen molar-refractivity contribution in [3.8, 4) is 5.75 Å². The minimum Gasteiger partial charge on any atom is -0.495 e. The largest absolute Gasteiger partial charge is 0.495 e. The van der Waals surface area contributed by atoms with E-state index in [1.807, 2.05) is 6.07 Å². The Bertz CT molecular complexity index is 479. The van der Waals surface area contributed by atoms with E-state index in [1.165, 1.54) is 0 Å². The average molecular weight is 295 g/mol. The van der Waals surface area contributed by atoms with Gasteiger partial charge in [-0.3, -0.25) is 4.79 Å². The molecule has 0 aliphatic carbocycles. The van der Waals surface area contributed by atoms with Crippen LogP contribution in [0.25, 0.3) is 0 Å². The molecule has 1 aromatic rings. The fourth-order valence-corrected chi connectivity index (χ4v) is 1.91. The number of benzene rings is 1. The molecule has 0 saturated carbocycles. The summed E-state index contributed by atoms with van der Waals surface area (Å²) in [7, 11) is 1.56. The lowest BCUT2D eigenvalue weighted by Gasteiger charge is -2.19. The van der Waals surface area contributed by atoms with E-state index >= 15 is 0 Å². The zero-order valence-electron chi connectivity index (χ0n) is 11.6. The minimum absolute atomic E-state index is 0.0308. The van der Waals surface area contributed by atoms with Gasteiger partial charge in [-0.25, -0.2) is 0 Å². The summed E-state index contributed by atoms with van der Waals surface area (Å²) in [6.45, 7) is 8.45. The quantitative estimate of drug-likeness (QED) is 0.750. The van der Waals surface area contributed by atoms with Crippen molar-refractivity contribution in [2.45, 2.75) is 0 Å². The van der Waals surface area contributed by atoms with E-state index < -0.39 is 0 Å². The van der Waals surface area contributed by atoms with Crippen molar-refractivity contribution in [2.75, 3.05) is 32.1 Å². The second-order valence-corrected chi connectivity index (χ2v) is 4.49. The topological polar surface area (TPSA) is 41.6 Å². The van der Waals surface area contributed by atoms with Crippen LogP contribution in [0, 0.1) is 0 Å². The van der Waals surface area contributed by atoms with Crippen molar-refractivity contribution in [2.24, 2.45) is 0 Å². The minimum atomic E-state index is -0.0308. The summed E-state index contributed by atoms with van der Waals surface area (Å²) in [5.41, 5.74) is 0.765. The molecule has 108 valence electrons. The van der Waals surface area contributed by atoms with E-state index in [9.17, 15) is 4.79 Å². The first-order valence-corrected chi connectivity index (χ1v) is 6.57. The van der Waals surface area contributed by atoms with Crippen molar-refractivity contribution < 1.29 is 9.53 Å². The van der Waals surface area contributed by atoms with Crippen molar-refractivity contribution in [3.05, 3.63) is 48.5 Å². The number of halogens is 1. The molecule has 0 fully saturated rings. The van der Waals surface area contributed by atoms with Crippen molar-refractivity contribution >= 4 is 23.2 Å². The molecule has 0 aliphatic heterocycles. The lowest BCUT2D eigenvalue weighted by atomic mass is 10.3. The number of carbonyl (C=O) groups excluding carboxylic acids is 1. The van der Waals surface area contributed by atoms with Crippen LogP contribution in [0.15, 0.2) is 43.5 Å². The van der Waals surface area contributed by atoms with E-state index in [1.54, 1.807) is 36.3 Å².